The smallest absolute Gasteiger partial charge is 0.267 e. The first kappa shape index (κ1) is 18.3. The minimum Gasteiger partial charge on any atom is -0.481 e. The van der Waals surface area contributed by atoms with E-state index in [-0.39, 0.29) is 11.7 Å². The van der Waals surface area contributed by atoms with Crippen LogP contribution in [0.3, 0.4) is 0 Å². The number of hydrogen-bond donors (Lipinski definition) is 1. The quantitative estimate of drug-likeness (QED) is 0.655. The van der Waals surface area contributed by atoms with Crippen LogP contribution in [0.15, 0.2) is 48.5 Å². The Hall–Kier alpha value is -2.51. The van der Waals surface area contributed by atoms with Crippen molar-refractivity contribution >= 4 is 34.0 Å². The minimum atomic E-state index is -0.719. The van der Waals surface area contributed by atoms with Gasteiger partial charge >= 0.3 is 0 Å². The summed E-state index contributed by atoms with van der Waals surface area (Å²) in [7, 11) is 0. The predicted octanol–water partition coefficient (Wildman–Crippen LogP) is 4.79. The van der Waals surface area contributed by atoms with Gasteiger partial charge in [0.25, 0.3) is 5.91 Å². The van der Waals surface area contributed by atoms with Crippen molar-refractivity contribution in [2.24, 2.45) is 0 Å². The lowest BCUT2D eigenvalue weighted by Gasteiger charge is -2.16. The molecule has 0 radical (unpaired) electrons. The van der Waals surface area contributed by atoms with Crippen LogP contribution >= 0.6 is 22.9 Å². The van der Waals surface area contributed by atoms with Crippen LogP contribution in [0.2, 0.25) is 5.02 Å². The summed E-state index contributed by atoms with van der Waals surface area (Å²) in [5.74, 6) is -0.276. The summed E-state index contributed by atoms with van der Waals surface area (Å²) in [6, 6.07) is 12.7. The molecule has 0 unspecified atom stereocenters. The molecule has 2 aromatic carbocycles. The third kappa shape index (κ3) is 4.56. The Kier molecular flexibility index (Phi) is 5.80. The van der Waals surface area contributed by atoms with Gasteiger partial charge in [0, 0.05) is 10.6 Å². The highest BCUT2D eigenvalue weighted by atomic mass is 35.5. The number of rotatable bonds is 6. The number of anilines is 1. The highest BCUT2D eigenvalue weighted by Gasteiger charge is 2.20. The van der Waals surface area contributed by atoms with Gasteiger partial charge in [0.1, 0.15) is 16.6 Å². The average molecular weight is 392 g/mol. The van der Waals surface area contributed by atoms with E-state index in [0.29, 0.717) is 27.3 Å². The SMILES string of the molecule is CC[C@@H](Oc1ccc(F)cc1)C(=O)Nc1nnc(-c2ccc(Cl)cc2)s1. The molecule has 3 aromatic rings. The Labute approximate surface area is 158 Å². The molecule has 3 rings (SSSR count). The molecule has 0 aliphatic heterocycles. The normalized spacial score (nSPS) is 11.8. The Morgan fingerprint density at radius 3 is 2.54 bits per heavy atom. The highest BCUT2D eigenvalue weighted by molar-refractivity contribution is 7.18. The van der Waals surface area contributed by atoms with Crippen molar-refractivity contribution in [2.75, 3.05) is 5.32 Å². The van der Waals surface area contributed by atoms with Crippen LogP contribution in [-0.2, 0) is 4.79 Å². The van der Waals surface area contributed by atoms with Crippen LogP contribution in [0.4, 0.5) is 9.52 Å². The van der Waals surface area contributed by atoms with Gasteiger partial charge in [-0.05, 0) is 42.8 Å². The number of hydrogen-bond acceptors (Lipinski definition) is 5. The highest BCUT2D eigenvalue weighted by Crippen LogP contribution is 2.27. The molecular formula is C18H15ClFN3O2S. The van der Waals surface area contributed by atoms with Crippen LogP contribution in [0.5, 0.6) is 5.75 Å². The first-order chi connectivity index (χ1) is 12.5. The molecule has 1 atom stereocenters. The molecule has 0 aliphatic rings. The number of nitrogens with one attached hydrogen (secondary N) is 1. The van der Waals surface area contributed by atoms with E-state index in [1.807, 2.05) is 19.1 Å². The van der Waals surface area contributed by atoms with Gasteiger partial charge in [0.05, 0.1) is 0 Å². The number of benzene rings is 2. The molecule has 0 fully saturated rings. The van der Waals surface area contributed by atoms with Gasteiger partial charge in [-0.1, -0.05) is 42.0 Å². The van der Waals surface area contributed by atoms with Gasteiger partial charge < -0.3 is 4.74 Å². The van der Waals surface area contributed by atoms with Gasteiger partial charge in [-0.3, -0.25) is 10.1 Å². The lowest BCUT2D eigenvalue weighted by atomic mass is 10.2. The Morgan fingerprint density at radius 1 is 1.19 bits per heavy atom. The Morgan fingerprint density at radius 2 is 1.88 bits per heavy atom. The molecule has 1 amide bonds. The van der Waals surface area contributed by atoms with E-state index >= 15 is 0 Å². The van der Waals surface area contributed by atoms with Gasteiger partial charge in [-0.2, -0.15) is 0 Å². The van der Waals surface area contributed by atoms with Gasteiger partial charge in [-0.15, -0.1) is 10.2 Å². The number of halogens is 2. The third-order valence-corrected chi connectivity index (χ3v) is 4.64. The summed E-state index contributed by atoms with van der Waals surface area (Å²) in [6.07, 6.45) is -0.269. The summed E-state index contributed by atoms with van der Waals surface area (Å²) >= 11 is 7.13. The number of ether oxygens (including phenoxy) is 1. The lowest BCUT2D eigenvalue weighted by molar-refractivity contribution is -0.122. The fraction of sp³-hybridized carbons (Fsp3) is 0.167. The zero-order valence-corrected chi connectivity index (χ0v) is 15.4. The van der Waals surface area contributed by atoms with Crippen molar-refractivity contribution in [2.45, 2.75) is 19.4 Å². The van der Waals surface area contributed by atoms with Gasteiger partial charge in [-0.25, -0.2) is 4.39 Å². The van der Waals surface area contributed by atoms with Crippen molar-refractivity contribution in [3.63, 3.8) is 0 Å². The predicted molar refractivity (Wildman–Crippen MR) is 100 cm³/mol. The van der Waals surface area contributed by atoms with Crippen molar-refractivity contribution < 1.29 is 13.9 Å². The van der Waals surface area contributed by atoms with E-state index in [0.717, 1.165) is 5.56 Å². The standard InChI is InChI=1S/C18H15ClFN3O2S/c1-2-15(25-14-9-7-13(20)8-10-14)16(24)21-18-23-22-17(26-18)11-3-5-12(19)6-4-11/h3-10,15H,2H2,1H3,(H,21,23,24)/t15-/m1/s1. The van der Waals surface area contributed by atoms with E-state index in [1.165, 1.54) is 35.6 Å². The van der Waals surface area contributed by atoms with Crippen LogP contribution in [0.1, 0.15) is 13.3 Å². The maximum atomic E-state index is 13.0. The van der Waals surface area contributed by atoms with E-state index in [4.69, 9.17) is 16.3 Å². The largest absolute Gasteiger partial charge is 0.481 e. The fourth-order valence-corrected chi connectivity index (χ4v) is 3.05. The maximum Gasteiger partial charge on any atom is 0.267 e. The number of carbonyl (C=O) groups excluding carboxylic acids is 1. The van der Waals surface area contributed by atoms with Crippen molar-refractivity contribution in [1.29, 1.82) is 0 Å². The summed E-state index contributed by atoms with van der Waals surface area (Å²) in [5.41, 5.74) is 0.863. The zero-order chi connectivity index (χ0) is 18.5. The van der Waals surface area contributed by atoms with Crippen molar-refractivity contribution in [1.82, 2.24) is 10.2 Å². The number of carbonyl (C=O) groups is 1. The van der Waals surface area contributed by atoms with Gasteiger partial charge in [0.2, 0.25) is 5.13 Å². The molecule has 0 spiro atoms. The molecule has 0 saturated heterocycles. The molecular weight excluding hydrogens is 377 g/mol. The van der Waals surface area contributed by atoms with Gasteiger partial charge in [0.15, 0.2) is 6.10 Å². The summed E-state index contributed by atoms with van der Waals surface area (Å²) in [6.45, 7) is 1.83. The lowest BCUT2D eigenvalue weighted by Crippen LogP contribution is -2.32. The minimum absolute atomic E-state index is 0.337. The topological polar surface area (TPSA) is 64.1 Å². The molecule has 134 valence electrons. The Bertz CT molecular complexity index is 884. The van der Waals surface area contributed by atoms with Crippen molar-refractivity contribution in [3.8, 4) is 16.3 Å². The van der Waals surface area contributed by atoms with Crippen LogP contribution in [0.25, 0.3) is 10.6 Å². The van der Waals surface area contributed by atoms with Crippen LogP contribution in [0, 0.1) is 5.82 Å². The molecule has 5 nitrogen and oxygen atoms in total. The zero-order valence-electron chi connectivity index (χ0n) is 13.8. The second-order valence-electron chi connectivity index (χ2n) is 5.38. The maximum absolute atomic E-state index is 13.0. The molecule has 8 heteroatoms. The number of nitrogens with zero attached hydrogens (tertiary/aromatic N) is 2. The number of aromatic nitrogens is 2. The monoisotopic (exact) mass is 391 g/mol. The third-order valence-electron chi connectivity index (χ3n) is 3.50. The summed E-state index contributed by atoms with van der Waals surface area (Å²) in [5, 5.41) is 12.5. The van der Waals surface area contributed by atoms with E-state index in [1.54, 1.807) is 12.1 Å². The molecule has 26 heavy (non-hydrogen) atoms. The average Bonchev–Trinajstić information content (AvgIpc) is 3.10. The molecule has 1 aromatic heterocycles. The summed E-state index contributed by atoms with van der Waals surface area (Å²) < 4.78 is 18.6. The van der Waals surface area contributed by atoms with E-state index in [9.17, 15) is 9.18 Å². The van der Waals surface area contributed by atoms with Crippen molar-refractivity contribution in [3.05, 3.63) is 59.4 Å². The molecule has 1 heterocycles. The molecule has 1 N–H and O–H groups in total. The Balaban J connectivity index is 1.66. The number of amides is 1. The second-order valence-corrected chi connectivity index (χ2v) is 6.79. The van der Waals surface area contributed by atoms with E-state index < -0.39 is 6.10 Å². The molecule has 0 bridgehead atoms. The van der Waals surface area contributed by atoms with Crippen LogP contribution < -0.4 is 10.1 Å². The second kappa shape index (κ2) is 8.25. The summed E-state index contributed by atoms with van der Waals surface area (Å²) in [4.78, 5) is 12.4. The first-order valence-electron chi connectivity index (χ1n) is 7.87. The first-order valence-corrected chi connectivity index (χ1v) is 9.07. The van der Waals surface area contributed by atoms with Crippen LogP contribution in [-0.4, -0.2) is 22.2 Å². The van der Waals surface area contributed by atoms with E-state index in [2.05, 4.69) is 15.5 Å². The molecule has 0 aliphatic carbocycles. The molecule has 0 saturated carbocycles. The fourth-order valence-electron chi connectivity index (χ4n) is 2.17.